The molecule has 2 rings (SSSR count). The fraction of sp³-hybridized carbons (Fsp3) is 0.500. The fourth-order valence-electron chi connectivity index (χ4n) is 2.91. The summed E-state index contributed by atoms with van der Waals surface area (Å²) in [7, 11) is -1.44. The van der Waals surface area contributed by atoms with Gasteiger partial charge in [0.25, 0.3) is 0 Å². The first-order chi connectivity index (χ1) is 11.9. The number of carbonyl (C=O) groups is 1. The van der Waals surface area contributed by atoms with Gasteiger partial charge in [-0.15, -0.1) is 0 Å². The Morgan fingerprint density at radius 1 is 1.44 bits per heavy atom. The van der Waals surface area contributed by atoms with Gasteiger partial charge in [0.15, 0.2) is 9.84 Å². The van der Waals surface area contributed by atoms with E-state index in [0.29, 0.717) is 18.7 Å². The van der Waals surface area contributed by atoms with Gasteiger partial charge < -0.3 is 9.64 Å². The third kappa shape index (κ3) is 5.57. The van der Waals surface area contributed by atoms with Crippen LogP contribution in [0.3, 0.4) is 0 Å². The van der Waals surface area contributed by atoms with Gasteiger partial charge in [-0.2, -0.15) is 0 Å². The number of rotatable bonds is 7. The Balaban J connectivity index is 2.18. The number of sulfone groups is 1. The molecule has 138 valence electrons. The van der Waals surface area contributed by atoms with E-state index < -0.39 is 9.84 Å². The van der Waals surface area contributed by atoms with Crippen molar-refractivity contribution < 1.29 is 17.9 Å². The Morgan fingerprint density at radius 3 is 2.80 bits per heavy atom. The smallest absolute Gasteiger partial charge is 0.246 e. The molecule has 1 aromatic rings. The summed E-state index contributed by atoms with van der Waals surface area (Å²) in [6, 6.07) is 5.35. The summed E-state index contributed by atoms with van der Waals surface area (Å²) >= 11 is 3.41. The highest BCUT2D eigenvalue weighted by molar-refractivity contribution is 9.10. The number of unbranched alkanes of at least 4 members (excludes halogenated alkanes) is 1. The molecule has 1 amide bonds. The van der Waals surface area contributed by atoms with E-state index in [2.05, 4.69) is 22.9 Å². The van der Waals surface area contributed by atoms with Gasteiger partial charge in [0.1, 0.15) is 5.75 Å². The van der Waals surface area contributed by atoms with Gasteiger partial charge in [-0.3, -0.25) is 4.79 Å². The lowest BCUT2D eigenvalue weighted by atomic mass is 10.1. The number of methoxy groups -OCH3 is 1. The maximum atomic E-state index is 12.7. The molecule has 0 N–H and O–H groups in total. The first kappa shape index (κ1) is 20.0. The van der Waals surface area contributed by atoms with E-state index in [1.54, 1.807) is 18.1 Å². The minimum atomic E-state index is -3.03. The molecule has 0 aliphatic carbocycles. The van der Waals surface area contributed by atoms with E-state index in [-0.39, 0.29) is 23.5 Å². The zero-order chi connectivity index (χ0) is 18.4. The van der Waals surface area contributed by atoms with E-state index in [1.807, 2.05) is 18.2 Å². The standard InChI is InChI=1S/C18H24BrNO4S/c1-3-4-10-20(16-9-11-25(22,23)13-16)18(21)8-5-14-12-15(19)6-7-17(14)24-2/h5-8,12,16H,3-4,9-11,13H2,1-2H3/b8-5+. The van der Waals surface area contributed by atoms with Crippen LogP contribution in [-0.2, 0) is 14.6 Å². The van der Waals surface area contributed by atoms with Crippen molar-refractivity contribution in [2.75, 3.05) is 25.2 Å². The molecular weight excluding hydrogens is 406 g/mol. The lowest BCUT2D eigenvalue weighted by molar-refractivity contribution is -0.127. The molecule has 1 aliphatic rings. The normalized spacial score (nSPS) is 19.2. The van der Waals surface area contributed by atoms with E-state index in [1.165, 1.54) is 6.08 Å². The third-order valence-corrected chi connectivity index (χ3v) is 6.53. The van der Waals surface area contributed by atoms with E-state index >= 15 is 0 Å². The van der Waals surface area contributed by atoms with Gasteiger partial charge in [0, 0.05) is 28.7 Å². The first-order valence-corrected chi connectivity index (χ1v) is 11.0. The molecule has 1 atom stereocenters. The summed E-state index contributed by atoms with van der Waals surface area (Å²) in [4.78, 5) is 14.4. The summed E-state index contributed by atoms with van der Waals surface area (Å²) in [5.74, 6) is 0.751. The van der Waals surface area contributed by atoms with Crippen LogP contribution in [0.1, 0.15) is 31.7 Å². The van der Waals surface area contributed by atoms with Gasteiger partial charge in [-0.25, -0.2) is 8.42 Å². The Morgan fingerprint density at radius 2 is 2.20 bits per heavy atom. The van der Waals surface area contributed by atoms with Crippen LogP contribution in [0.15, 0.2) is 28.7 Å². The Kier molecular flexibility index (Phi) is 7.07. The minimum absolute atomic E-state index is 0.0660. The molecule has 1 aliphatic heterocycles. The van der Waals surface area contributed by atoms with Crippen LogP contribution >= 0.6 is 15.9 Å². The molecule has 1 unspecified atom stereocenters. The highest BCUT2D eigenvalue weighted by Gasteiger charge is 2.33. The number of benzene rings is 1. The maximum absolute atomic E-state index is 12.7. The number of carbonyl (C=O) groups excluding carboxylic acids is 1. The van der Waals surface area contributed by atoms with E-state index in [0.717, 1.165) is 22.9 Å². The highest BCUT2D eigenvalue weighted by Crippen LogP contribution is 2.25. The van der Waals surface area contributed by atoms with Crippen LogP contribution in [0.2, 0.25) is 0 Å². The lowest BCUT2D eigenvalue weighted by Gasteiger charge is -2.27. The average Bonchev–Trinajstić information content (AvgIpc) is 2.93. The van der Waals surface area contributed by atoms with Crippen molar-refractivity contribution >= 4 is 37.8 Å². The second kappa shape index (κ2) is 8.85. The molecule has 0 radical (unpaired) electrons. The van der Waals surface area contributed by atoms with E-state index in [9.17, 15) is 13.2 Å². The predicted molar refractivity (Wildman–Crippen MR) is 103 cm³/mol. The third-order valence-electron chi connectivity index (χ3n) is 4.28. The molecule has 5 nitrogen and oxygen atoms in total. The highest BCUT2D eigenvalue weighted by atomic mass is 79.9. The summed E-state index contributed by atoms with van der Waals surface area (Å²) in [5, 5.41) is 0. The largest absolute Gasteiger partial charge is 0.496 e. The van der Waals surface area contributed by atoms with Gasteiger partial charge in [-0.05, 0) is 37.1 Å². The molecular formula is C18H24BrNO4S. The van der Waals surface area contributed by atoms with Gasteiger partial charge in [0.2, 0.25) is 5.91 Å². The summed E-state index contributed by atoms with van der Waals surface area (Å²) in [5.41, 5.74) is 0.791. The number of hydrogen-bond donors (Lipinski definition) is 0. The maximum Gasteiger partial charge on any atom is 0.246 e. The Labute approximate surface area is 158 Å². The van der Waals surface area contributed by atoms with Crippen molar-refractivity contribution in [3.8, 4) is 5.75 Å². The van der Waals surface area contributed by atoms with E-state index in [4.69, 9.17) is 4.74 Å². The number of halogens is 1. The zero-order valence-corrected chi connectivity index (χ0v) is 17.0. The van der Waals surface area contributed by atoms with Crippen molar-refractivity contribution in [3.63, 3.8) is 0 Å². The molecule has 1 heterocycles. The van der Waals surface area contributed by atoms with Crippen LogP contribution in [0.5, 0.6) is 5.75 Å². The SMILES string of the molecule is CCCCN(C(=O)/C=C/c1cc(Br)ccc1OC)C1CCS(=O)(=O)C1. The Hall–Kier alpha value is -1.34. The van der Waals surface area contributed by atoms with Gasteiger partial charge in [0.05, 0.1) is 18.6 Å². The van der Waals surface area contributed by atoms with Gasteiger partial charge in [-0.1, -0.05) is 29.3 Å². The van der Waals surface area contributed by atoms with Crippen molar-refractivity contribution in [1.29, 1.82) is 0 Å². The number of amides is 1. The molecule has 1 saturated heterocycles. The van der Waals surface area contributed by atoms with Crippen LogP contribution in [0, 0.1) is 0 Å². The second-order valence-corrected chi connectivity index (χ2v) is 9.31. The summed E-state index contributed by atoms with van der Waals surface area (Å²) in [6.45, 7) is 2.63. The van der Waals surface area contributed by atoms with Crippen molar-refractivity contribution in [1.82, 2.24) is 4.90 Å². The molecule has 0 aromatic heterocycles. The first-order valence-electron chi connectivity index (χ1n) is 8.39. The number of hydrogen-bond acceptors (Lipinski definition) is 4. The molecule has 0 bridgehead atoms. The number of ether oxygens (including phenoxy) is 1. The molecule has 0 saturated carbocycles. The Bertz CT molecular complexity index is 745. The topological polar surface area (TPSA) is 63.7 Å². The lowest BCUT2D eigenvalue weighted by Crippen LogP contribution is -2.40. The molecule has 7 heteroatoms. The van der Waals surface area contributed by atoms with Crippen LogP contribution in [0.4, 0.5) is 0 Å². The minimum Gasteiger partial charge on any atom is -0.496 e. The molecule has 1 fully saturated rings. The van der Waals surface area contributed by atoms with Crippen molar-refractivity contribution in [2.45, 2.75) is 32.2 Å². The second-order valence-electron chi connectivity index (χ2n) is 6.16. The molecule has 25 heavy (non-hydrogen) atoms. The average molecular weight is 430 g/mol. The van der Waals surface area contributed by atoms with Crippen LogP contribution < -0.4 is 4.74 Å². The van der Waals surface area contributed by atoms with Crippen molar-refractivity contribution in [2.24, 2.45) is 0 Å². The van der Waals surface area contributed by atoms with Gasteiger partial charge >= 0.3 is 0 Å². The summed E-state index contributed by atoms with van der Waals surface area (Å²) in [6.07, 6.45) is 5.55. The fourth-order valence-corrected chi connectivity index (χ4v) is 5.02. The number of nitrogens with zero attached hydrogens (tertiary/aromatic N) is 1. The van der Waals surface area contributed by atoms with Crippen LogP contribution in [0.25, 0.3) is 6.08 Å². The molecule has 1 aromatic carbocycles. The predicted octanol–water partition coefficient (Wildman–Crippen LogP) is 3.29. The molecule has 0 spiro atoms. The zero-order valence-electron chi connectivity index (χ0n) is 14.6. The monoisotopic (exact) mass is 429 g/mol. The van der Waals surface area contributed by atoms with Crippen LogP contribution in [-0.4, -0.2) is 50.4 Å². The summed E-state index contributed by atoms with van der Waals surface area (Å²) < 4.78 is 29.7. The van der Waals surface area contributed by atoms with Crippen molar-refractivity contribution in [3.05, 3.63) is 34.3 Å². The quantitative estimate of drug-likeness (QED) is 0.623.